The van der Waals surface area contributed by atoms with Crippen molar-refractivity contribution < 1.29 is 24.2 Å². The van der Waals surface area contributed by atoms with Crippen molar-refractivity contribution in [3.8, 4) is 0 Å². The quantitative estimate of drug-likeness (QED) is 0.505. The normalized spacial score (nSPS) is 19.2. The molecule has 9 heteroatoms. The lowest BCUT2D eigenvalue weighted by Gasteiger charge is -2.45. The van der Waals surface area contributed by atoms with E-state index in [1.165, 1.54) is 0 Å². The van der Waals surface area contributed by atoms with Crippen LogP contribution in [0, 0.1) is 0 Å². The molecule has 3 atom stereocenters. The van der Waals surface area contributed by atoms with Crippen molar-refractivity contribution in [3.05, 3.63) is 69.7 Å². The van der Waals surface area contributed by atoms with Gasteiger partial charge in [-0.1, -0.05) is 60.8 Å². The van der Waals surface area contributed by atoms with Crippen LogP contribution in [0.2, 0.25) is 10.0 Å². The number of nitrogens with zero attached hydrogens (tertiary/aromatic N) is 1. The lowest BCUT2D eigenvalue weighted by molar-refractivity contribution is -0.163. The van der Waals surface area contributed by atoms with Crippen LogP contribution in [0.4, 0.5) is 0 Å². The van der Waals surface area contributed by atoms with Crippen molar-refractivity contribution in [1.82, 2.24) is 10.2 Å². The van der Waals surface area contributed by atoms with E-state index in [0.717, 1.165) is 17.5 Å². The Bertz CT molecular complexity index is 981. The Morgan fingerprint density at radius 3 is 2.21 bits per heavy atom. The van der Waals surface area contributed by atoms with Gasteiger partial charge in [-0.25, -0.2) is 0 Å². The molecular weight excluding hydrogens is 467 g/mol. The van der Waals surface area contributed by atoms with E-state index in [1.54, 1.807) is 29.2 Å². The molecule has 2 amide bonds. The molecule has 2 N–H and O–H groups in total. The third kappa shape index (κ3) is 6.47. The number of carbonyl (C=O) groups excluding carboxylic acids is 2. The maximum Gasteiger partial charge on any atom is 0.312 e. The van der Waals surface area contributed by atoms with Crippen LogP contribution < -0.4 is 5.32 Å². The molecule has 0 bridgehead atoms. The van der Waals surface area contributed by atoms with Gasteiger partial charge >= 0.3 is 5.97 Å². The van der Waals surface area contributed by atoms with Crippen LogP contribution in [0.15, 0.2) is 48.5 Å². The van der Waals surface area contributed by atoms with Gasteiger partial charge in [0.25, 0.3) is 0 Å². The summed E-state index contributed by atoms with van der Waals surface area (Å²) in [6.45, 7) is 2.02. The first-order valence-electron chi connectivity index (χ1n) is 10.7. The van der Waals surface area contributed by atoms with Crippen molar-refractivity contribution >= 4 is 41.0 Å². The highest BCUT2D eigenvalue weighted by atomic mass is 35.5. The fraction of sp³-hybridized carbons (Fsp3) is 0.375. The van der Waals surface area contributed by atoms with Crippen LogP contribution in [-0.4, -0.2) is 47.0 Å². The van der Waals surface area contributed by atoms with Gasteiger partial charge in [0.1, 0.15) is 19.1 Å². The van der Waals surface area contributed by atoms with Crippen LogP contribution >= 0.6 is 23.2 Å². The molecular formula is C24H26Cl2N2O5. The van der Waals surface area contributed by atoms with E-state index in [2.05, 4.69) is 5.32 Å². The molecule has 0 saturated carbocycles. The summed E-state index contributed by atoms with van der Waals surface area (Å²) in [5, 5.41) is 12.7. The third-order valence-corrected chi connectivity index (χ3v) is 6.04. The van der Waals surface area contributed by atoms with Gasteiger partial charge in [-0.3, -0.25) is 14.4 Å². The zero-order valence-electron chi connectivity index (χ0n) is 18.2. The number of aliphatic carboxylic acids is 1. The van der Waals surface area contributed by atoms with Gasteiger partial charge in [0.15, 0.2) is 0 Å². The number of amides is 2. The fourth-order valence-electron chi connectivity index (χ4n) is 4.09. The molecule has 33 heavy (non-hydrogen) atoms. The highest BCUT2D eigenvalue weighted by molar-refractivity contribution is 6.30. The number of benzene rings is 2. The zero-order chi connectivity index (χ0) is 24.0. The smallest absolute Gasteiger partial charge is 0.312 e. The Morgan fingerprint density at radius 1 is 1.09 bits per heavy atom. The number of morpholine rings is 1. The number of carboxylic acid groups (broad SMARTS) is 1. The fourth-order valence-corrected chi connectivity index (χ4v) is 4.34. The van der Waals surface area contributed by atoms with Crippen molar-refractivity contribution in [2.24, 2.45) is 0 Å². The first-order valence-corrected chi connectivity index (χ1v) is 11.5. The number of hydrogen-bond acceptors (Lipinski definition) is 4. The van der Waals surface area contributed by atoms with E-state index < -0.39 is 30.4 Å². The summed E-state index contributed by atoms with van der Waals surface area (Å²) in [5.41, 5.74) is 1.70. The highest BCUT2D eigenvalue weighted by Gasteiger charge is 2.42. The molecule has 176 valence electrons. The van der Waals surface area contributed by atoms with Crippen molar-refractivity contribution in [1.29, 1.82) is 0 Å². The summed E-state index contributed by atoms with van der Waals surface area (Å²) in [4.78, 5) is 37.8. The number of hydrogen-bond donors (Lipinski definition) is 2. The van der Waals surface area contributed by atoms with Gasteiger partial charge in [0, 0.05) is 22.6 Å². The van der Waals surface area contributed by atoms with Crippen molar-refractivity contribution in [2.45, 2.75) is 44.4 Å². The summed E-state index contributed by atoms with van der Waals surface area (Å²) in [6.07, 6.45) is 0.305. The summed E-state index contributed by atoms with van der Waals surface area (Å²) < 4.78 is 6.02. The second kappa shape index (κ2) is 11.5. The van der Waals surface area contributed by atoms with Crippen LogP contribution in [0.5, 0.6) is 0 Å². The molecule has 1 saturated heterocycles. The van der Waals surface area contributed by atoms with Gasteiger partial charge in [-0.15, -0.1) is 0 Å². The first-order chi connectivity index (χ1) is 15.8. The van der Waals surface area contributed by atoms with Gasteiger partial charge in [0.05, 0.1) is 6.04 Å². The van der Waals surface area contributed by atoms with Gasteiger partial charge in [0.2, 0.25) is 11.8 Å². The molecule has 0 unspecified atom stereocenters. The minimum atomic E-state index is -1.20. The molecule has 1 heterocycles. The highest BCUT2D eigenvalue weighted by Crippen LogP contribution is 2.42. The van der Waals surface area contributed by atoms with Crippen molar-refractivity contribution in [2.75, 3.05) is 13.2 Å². The van der Waals surface area contributed by atoms with Gasteiger partial charge in [-0.2, -0.15) is 0 Å². The standard InChI is InChI=1S/C24H26Cl2N2O5/c1-2-3-19(13-27-20(29)12-22(31)32)28-21(30)14-33-24(16-6-10-18(26)11-7-16)23(28)15-4-8-17(25)9-5-15/h4-11,19,23-24H,2-3,12-14H2,1H3,(H,27,29)(H,31,32)/t19-,23-,24+/m0/s1. The summed E-state index contributed by atoms with van der Waals surface area (Å²) in [7, 11) is 0. The number of halogens is 2. The molecule has 0 aliphatic carbocycles. The van der Waals surface area contributed by atoms with Gasteiger partial charge < -0.3 is 20.1 Å². The van der Waals surface area contributed by atoms with E-state index >= 15 is 0 Å². The topological polar surface area (TPSA) is 95.9 Å². The lowest BCUT2D eigenvalue weighted by Crippen LogP contribution is -2.54. The van der Waals surface area contributed by atoms with Crippen LogP contribution in [-0.2, 0) is 19.1 Å². The minimum absolute atomic E-state index is 0.110. The Balaban J connectivity index is 1.98. The van der Waals surface area contributed by atoms with E-state index in [1.807, 2.05) is 31.2 Å². The number of carboxylic acids is 1. The van der Waals surface area contributed by atoms with Crippen LogP contribution in [0.1, 0.15) is 49.5 Å². The monoisotopic (exact) mass is 492 g/mol. The van der Waals surface area contributed by atoms with E-state index in [9.17, 15) is 14.4 Å². The lowest BCUT2D eigenvalue weighted by atomic mass is 9.90. The summed E-state index contributed by atoms with van der Waals surface area (Å²) in [5.74, 6) is -2.00. The molecule has 0 radical (unpaired) electrons. The molecule has 2 aromatic rings. The Morgan fingerprint density at radius 2 is 1.67 bits per heavy atom. The molecule has 0 spiro atoms. The average Bonchev–Trinajstić information content (AvgIpc) is 2.77. The molecule has 1 aliphatic rings. The predicted octanol–water partition coefficient (Wildman–Crippen LogP) is 4.39. The van der Waals surface area contributed by atoms with E-state index in [-0.39, 0.29) is 25.1 Å². The molecule has 7 nitrogen and oxygen atoms in total. The first kappa shape index (κ1) is 25.0. The molecule has 1 aliphatic heterocycles. The minimum Gasteiger partial charge on any atom is -0.481 e. The van der Waals surface area contributed by atoms with Crippen LogP contribution in [0.3, 0.4) is 0 Å². The predicted molar refractivity (Wildman–Crippen MR) is 125 cm³/mol. The number of nitrogens with one attached hydrogen (secondary N) is 1. The average molecular weight is 493 g/mol. The maximum absolute atomic E-state index is 13.2. The Kier molecular flexibility index (Phi) is 8.72. The van der Waals surface area contributed by atoms with Crippen LogP contribution in [0.25, 0.3) is 0 Å². The third-order valence-electron chi connectivity index (χ3n) is 5.53. The Hall–Kier alpha value is -2.61. The van der Waals surface area contributed by atoms with E-state index in [4.69, 9.17) is 33.0 Å². The maximum atomic E-state index is 13.2. The summed E-state index contributed by atoms with van der Waals surface area (Å²) in [6, 6.07) is 13.7. The second-order valence-electron chi connectivity index (χ2n) is 7.90. The Labute approximate surface area is 202 Å². The number of rotatable bonds is 9. The molecule has 0 aromatic heterocycles. The number of ether oxygens (including phenoxy) is 1. The van der Waals surface area contributed by atoms with Crippen molar-refractivity contribution in [3.63, 3.8) is 0 Å². The number of carbonyl (C=O) groups is 3. The second-order valence-corrected chi connectivity index (χ2v) is 8.77. The van der Waals surface area contributed by atoms with E-state index in [0.29, 0.717) is 16.5 Å². The molecule has 1 fully saturated rings. The SMILES string of the molecule is CCC[C@@H](CNC(=O)CC(=O)O)N1C(=O)CO[C@H](c2ccc(Cl)cc2)[C@@H]1c1ccc(Cl)cc1. The van der Waals surface area contributed by atoms with Gasteiger partial charge in [-0.05, 0) is 41.8 Å². The molecule has 3 rings (SSSR count). The zero-order valence-corrected chi connectivity index (χ0v) is 19.7. The molecule has 2 aromatic carbocycles. The summed E-state index contributed by atoms with van der Waals surface area (Å²) >= 11 is 12.2. The largest absolute Gasteiger partial charge is 0.481 e.